The van der Waals surface area contributed by atoms with Crippen LogP contribution in [0.15, 0.2) is 72.8 Å². The van der Waals surface area contributed by atoms with Crippen molar-refractivity contribution in [2.45, 2.75) is 43.6 Å². The van der Waals surface area contributed by atoms with Crippen LogP contribution in [0.3, 0.4) is 0 Å². The first-order chi connectivity index (χ1) is 17.9. The first-order valence-electron chi connectivity index (χ1n) is 12.1. The van der Waals surface area contributed by atoms with Gasteiger partial charge in [-0.05, 0) is 71.8 Å². The Labute approximate surface area is 225 Å². The number of hydrogen-bond donors (Lipinski definition) is 1. The number of carboxylic acid groups (broad SMARTS) is 1. The molecule has 2 aliphatic rings. The fraction of sp³-hybridized carbons (Fsp3) is 0.276. The number of aliphatic carboxylic acids is 1. The Morgan fingerprint density at radius 3 is 2.32 bits per heavy atom. The molecule has 2 fully saturated rings. The van der Waals surface area contributed by atoms with Gasteiger partial charge in [-0.25, -0.2) is 4.79 Å². The molecule has 4 atom stereocenters. The summed E-state index contributed by atoms with van der Waals surface area (Å²) >= 11 is 12.5. The molecular weight excluding hydrogens is 511 g/mol. The van der Waals surface area contributed by atoms with Crippen molar-refractivity contribution in [2.75, 3.05) is 0 Å². The molecule has 37 heavy (non-hydrogen) atoms. The fourth-order valence-corrected chi connectivity index (χ4v) is 5.36. The summed E-state index contributed by atoms with van der Waals surface area (Å²) in [6.45, 7) is 0. The average molecular weight is 535 g/mol. The molecule has 8 heteroatoms. The molecule has 1 N–H and O–H groups in total. The SMILES string of the molecule is N#Cc1ccc(C[C@H]2O[C@H](c3cccc(Cl)c3)[C@H](c3ccc(Cl)cc3)N([C@@H](C(=O)O)C3CC3)C2=O)cc1. The average Bonchev–Trinajstić information content (AvgIpc) is 3.72. The molecule has 0 radical (unpaired) electrons. The molecule has 0 bridgehead atoms. The molecule has 188 valence electrons. The molecule has 0 unspecified atom stereocenters. The zero-order valence-corrected chi connectivity index (χ0v) is 21.3. The normalized spacial score (nSPS) is 22.4. The van der Waals surface area contributed by atoms with Gasteiger partial charge in [0.15, 0.2) is 0 Å². The number of hydrogen-bond acceptors (Lipinski definition) is 4. The van der Waals surface area contributed by atoms with Crippen molar-refractivity contribution < 1.29 is 19.4 Å². The minimum Gasteiger partial charge on any atom is -0.480 e. The quantitative estimate of drug-likeness (QED) is 0.402. The maximum atomic E-state index is 14.1. The van der Waals surface area contributed by atoms with E-state index in [1.54, 1.807) is 60.7 Å². The molecule has 1 aliphatic carbocycles. The van der Waals surface area contributed by atoms with E-state index in [-0.39, 0.29) is 18.2 Å². The van der Waals surface area contributed by atoms with E-state index in [4.69, 9.17) is 33.2 Å². The minimum atomic E-state index is -1.03. The number of benzene rings is 3. The standard InChI is InChI=1S/C29H24Cl2N2O4/c30-22-12-10-19(11-13-22)25-27(21-2-1-3-23(31)15-21)37-24(14-17-4-6-18(16-32)7-5-17)28(34)33(25)26(29(35)36)20-8-9-20/h1-7,10-13,15,20,24-27H,8-9,14H2,(H,35,36)/t24-,25+,26-,27-/m1/s1. The van der Waals surface area contributed by atoms with Crippen molar-refractivity contribution in [3.63, 3.8) is 0 Å². The second-order valence-electron chi connectivity index (χ2n) is 9.48. The second-order valence-corrected chi connectivity index (χ2v) is 10.3. The smallest absolute Gasteiger partial charge is 0.326 e. The van der Waals surface area contributed by atoms with Crippen molar-refractivity contribution in [3.05, 3.63) is 105 Å². The lowest BCUT2D eigenvalue weighted by Gasteiger charge is -2.47. The van der Waals surface area contributed by atoms with Crippen molar-refractivity contribution in [3.8, 4) is 6.07 Å². The van der Waals surface area contributed by atoms with Gasteiger partial charge in [-0.15, -0.1) is 0 Å². The molecule has 0 spiro atoms. The summed E-state index contributed by atoms with van der Waals surface area (Å²) in [5.74, 6) is -1.52. The molecule has 1 aliphatic heterocycles. The molecule has 3 aromatic carbocycles. The number of carboxylic acids is 1. The maximum absolute atomic E-state index is 14.1. The van der Waals surface area contributed by atoms with E-state index in [9.17, 15) is 14.7 Å². The number of halogens is 2. The molecule has 1 amide bonds. The summed E-state index contributed by atoms with van der Waals surface area (Å²) in [5, 5.41) is 20.5. The number of amides is 1. The lowest BCUT2D eigenvalue weighted by molar-refractivity contribution is -0.185. The van der Waals surface area contributed by atoms with E-state index in [1.807, 2.05) is 12.1 Å². The van der Waals surface area contributed by atoms with Gasteiger partial charge in [-0.1, -0.05) is 59.6 Å². The minimum absolute atomic E-state index is 0.120. The van der Waals surface area contributed by atoms with Gasteiger partial charge in [0.1, 0.15) is 18.2 Å². The zero-order chi connectivity index (χ0) is 26.1. The first kappa shape index (κ1) is 25.3. The third-order valence-corrected chi connectivity index (χ3v) is 7.43. The molecular formula is C29H24Cl2N2O4. The van der Waals surface area contributed by atoms with E-state index >= 15 is 0 Å². The van der Waals surface area contributed by atoms with Gasteiger partial charge in [0, 0.05) is 16.5 Å². The summed E-state index contributed by atoms with van der Waals surface area (Å²) in [6.07, 6.45) is 0.152. The molecule has 1 saturated carbocycles. The van der Waals surface area contributed by atoms with Gasteiger partial charge in [-0.3, -0.25) is 4.79 Å². The highest BCUT2D eigenvalue weighted by Crippen LogP contribution is 2.48. The summed E-state index contributed by atoms with van der Waals surface area (Å²) in [5.41, 5.74) is 2.80. The molecule has 1 heterocycles. The Morgan fingerprint density at radius 2 is 1.73 bits per heavy atom. The fourth-order valence-electron chi connectivity index (χ4n) is 5.03. The topological polar surface area (TPSA) is 90.6 Å². The number of rotatable bonds is 7. The van der Waals surface area contributed by atoms with Crippen LogP contribution in [0.2, 0.25) is 10.0 Å². The van der Waals surface area contributed by atoms with Crippen LogP contribution in [0, 0.1) is 17.2 Å². The predicted molar refractivity (Wildman–Crippen MR) is 139 cm³/mol. The Bertz CT molecular complexity index is 1350. The molecule has 1 saturated heterocycles. The number of carbonyl (C=O) groups excluding carboxylic acids is 1. The lowest BCUT2D eigenvalue weighted by atomic mass is 9.88. The lowest BCUT2D eigenvalue weighted by Crippen LogP contribution is -2.58. The van der Waals surface area contributed by atoms with Gasteiger partial charge in [0.05, 0.1) is 17.7 Å². The number of ether oxygens (including phenoxy) is 1. The van der Waals surface area contributed by atoms with Crippen molar-refractivity contribution in [1.29, 1.82) is 5.26 Å². The van der Waals surface area contributed by atoms with Crippen LogP contribution >= 0.6 is 23.2 Å². The molecule has 6 nitrogen and oxygen atoms in total. The number of morpholine rings is 1. The van der Waals surface area contributed by atoms with Crippen molar-refractivity contribution in [2.24, 2.45) is 5.92 Å². The number of carbonyl (C=O) groups is 2. The summed E-state index contributed by atoms with van der Waals surface area (Å²) < 4.78 is 6.52. The van der Waals surface area contributed by atoms with Gasteiger partial charge in [-0.2, -0.15) is 5.26 Å². The number of nitriles is 1. The largest absolute Gasteiger partial charge is 0.480 e. The summed E-state index contributed by atoms with van der Waals surface area (Å²) in [6, 6.07) is 21.7. The monoisotopic (exact) mass is 534 g/mol. The third kappa shape index (κ3) is 5.35. The third-order valence-electron chi connectivity index (χ3n) is 6.94. The van der Waals surface area contributed by atoms with Crippen LogP contribution in [-0.2, 0) is 20.7 Å². The van der Waals surface area contributed by atoms with E-state index < -0.39 is 30.3 Å². The number of nitrogens with zero attached hydrogens (tertiary/aromatic N) is 2. The van der Waals surface area contributed by atoms with Gasteiger partial charge < -0.3 is 14.7 Å². The van der Waals surface area contributed by atoms with E-state index in [1.165, 1.54) is 4.90 Å². The predicted octanol–water partition coefficient (Wildman–Crippen LogP) is 5.98. The van der Waals surface area contributed by atoms with Crippen LogP contribution in [0.1, 0.15) is 47.2 Å². The van der Waals surface area contributed by atoms with E-state index in [0.717, 1.165) is 29.5 Å². The van der Waals surface area contributed by atoms with Crippen LogP contribution in [-0.4, -0.2) is 34.0 Å². The van der Waals surface area contributed by atoms with Crippen LogP contribution in [0.4, 0.5) is 0 Å². The van der Waals surface area contributed by atoms with Crippen LogP contribution in [0.25, 0.3) is 0 Å². The second kappa shape index (κ2) is 10.5. The molecule has 5 rings (SSSR count). The summed E-state index contributed by atoms with van der Waals surface area (Å²) in [4.78, 5) is 28.2. The molecule has 0 aromatic heterocycles. The van der Waals surface area contributed by atoms with Crippen molar-refractivity contribution >= 4 is 35.1 Å². The zero-order valence-electron chi connectivity index (χ0n) is 19.8. The highest BCUT2D eigenvalue weighted by atomic mass is 35.5. The Kier molecular flexibility index (Phi) is 7.21. The molecule has 3 aromatic rings. The van der Waals surface area contributed by atoms with E-state index in [0.29, 0.717) is 15.6 Å². The van der Waals surface area contributed by atoms with Crippen molar-refractivity contribution in [1.82, 2.24) is 4.90 Å². The van der Waals surface area contributed by atoms with Crippen LogP contribution < -0.4 is 0 Å². The first-order valence-corrected chi connectivity index (χ1v) is 12.8. The summed E-state index contributed by atoms with van der Waals surface area (Å²) in [7, 11) is 0. The van der Waals surface area contributed by atoms with Gasteiger partial charge in [0.2, 0.25) is 0 Å². The maximum Gasteiger partial charge on any atom is 0.326 e. The van der Waals surface area contributed by atoms with E-state index in [2.05, 4.69) is 6.07 Å². The van der Waals surface area contributed by atoms with Gasteiger partial charge in [0.25, 0.3) is 5.91 Å². The van der Waals surface area contributed by atoms with Crippen LogP contribution in [0.5, 0.6) is 0 Å². The highest BCUT2D eigenvalue weighted by Gasteiger charge is 2.52. The van der Waals surface area contributed by atoms with Gasteiger partial charge >= 0.3 is 5.97 Å². The Morgan fingerprint density at radius 1 is 1.03 bits per heavy atom. The Hall–Kier alpha value is -3.37. The highest BCUT2D eigenvalue weighted by molar-refractivity contribution is 6.30. The Balaban J connectivity index is 1.62.